The fourth-order valence-electron chi connectivity index (χ4n) is 1.56. The lowest BCUT2D eigenvalue weighted by Crippen LogP contribution is -2.31. The van der Waals surface area contributed by atoms with Gasteiger partial charge in [-0.3, -0.25) is 0 Å². The van der Waals surface area contributed by atoms with Crippen LogP contribution in [0.5, 0.6) is 5.75 Å². The van der Waals surface area contributed by atoms with Crippen LogP contribution in [0, 0.1) is 0 Å². The SMILES string of the molecule is CC[C@H](C)NS(=O)(=O)c1ccc(OCCS(=O)(=O)CC)cc1. The smallest absolute Gasteiger partial charge is 0.240 e. The van der Waals surface area contributed by atoms with E-state index in [9.17, 15) is 16.8 Å². The second-order valence-corrected chi connectivity index (χ2v) is 9.17. The van der Waals surface area contributed by atoms with Crippen molar-refractivity contribution in [3.05, 3.63) is 24.3 Å². The predicted octanol–water partition coefficient (Wildman–Crippen LogP) is 1.58. The first-order valence-corrected chi connectivity index (χ1v) is 10.5. The summed E-state index contributed by atoms with van der Waals surface area (Å²) in [6, 6.07) is 5.77. The van der Waals surface area contributed by atoms with E-state index in [4.69, 9.17) is 4.74 Å². The zero-order valence-corrected chi connectivity index (χ0v) is 14.7. The minimum absolute atomic E-state index is 0.0490. The van der Waals surface area contributed by atoms with Gasteiger partial charge >= 0.3 is 0 Å². The lowest BCUT2D eigenvalue weighted by molar-refractivity contribution is 0.340. The monoisotopic (exact) mass is 349 g/mol. The average molecular weight is 349 g/mol. The van der Waals surface area contributed by atoms with Crippen molar-refractivity contribution in [2.45, 2.75) is 38.1 Å². The molecule has 0 saturated heterocycles. The van der Waals surface area contributed by atoms with Gasteiger partial charge in [-0.1, -0.05) is 13.8 Å². The first-order chi connectivity index (χ1) is 10.2. The van der Waals surface area contributed by atoms with E-state index in [1.54, 1.807) is 13.8 Å². The van der Waals surface area contributed by atoms with Gasteiger partial charge in [-0.2, -0.15) is 0 Å². The van der Waals surface area contributed by atoms with Gasteiger partial charge in [-0.05, 0) is 37.6 Å². The normalized spacial score (nSPS) is 13.8. The number of nitrogens with one attached hydrogen (secondary N) is 1. The number of sulfonamides is 1. The number of rotatable bonds is 9. The highest BCUT2D eigenvalue weighted by Gasteiger charge is 2.16. The summed E-state index contributed by atoms with van der Waals surface area (Å²) in [4.78, 5) is 0.154. The number of ether oxygens (including phenoxy) is 1. The molecule has 0 radical (unpaired) electrons. The zero-order chi connectivity index (χ0) is 16.8. The molecule has 0 aliphatic rings. The fourth-order valence-corrected chi connectivity index (χ4v) is 3.51. The van der Waals surface area contributed by atoms with Gasteiger partial charge in [-0.15, -0.1) is 0 Å². The maximum Gasteiger partial charge on any atom is 0.240 e. The van der Waals surface area contributed by atoms with Gasteiger partial charge in [0, 0.05) is 11.8 Å². The van der Waals surface area contributed by atoms with Crippen LogP contribution >= 0.6 is 0 Å². The molecular formula is C14H23NO5S2. The largest absolute Gasteiger partial charge is 0.493 e. The molecule has 8 heteroatoms. The Morgan fingerprint density at radius 1 is 1.09 bits per heavy atom. The van der Waals surface area contributed by atoms with Gasteiger partial charge in [0.2, 0.25) is 10.0 Å². The van der Waals surface area contributed by atoms with E-state index in [1.165, 1.54) is 24.3 Å². The maximum absolute atomic E-state index is 12.1. The van der Waals surface area contributed by atoms with Crippen LogP contribution in [-0.2, 0) is 19.9 Å². The summed E-state index contributed by atoms with van der Waals surface area (Å²) in [5.74, 6) is 0.460. The van der Waals surface area contributed by atoms with Gasteiger partial charge in [0.25, 0.3) is 0 Å². The van der Waals surface area contributed by atoms with Crippen molar-refractivity contribution in [1.82, 2.24) is 4.72 Å². The molecule has 1 atom stereocenters. The fraction of sp³-hybridized carbons (Fsp3) is 0.571. The highest BCUT2D eigenvalue weighted by atomic mass is 32.2. The second-order valence-electron chi connectivity index (χ2n) is 4.99. The van der Waals surface area contributed by atoms with Gasteiger partial charge in [-0.25, -0.2) is 21.6 Å². The molecule has 1 rings (SSSR count). The van der Waals surface area contributed by atoms with Crippen LogP contribution in [0.25, 0.3) is 0 Å². The minimum atomic E-state index is -3.54. The summed E-state index contributed by atoms with van der Waals surface area (Å²) in [5, 5.41) is 0. The Labute approximate surface area is 132 Å². The number of hydrogen-bond acceptors (Lipinski definition) is 5. The summed E-state index contributed by atoms with van der Waals surface area (Å²) < 4.78 is 54.7. The Morgan fingerprint density at radius 2 is 1.68 bits per heavy atom. The molecule has 22 heavy (non-hydrogen) atoms. The molecule has 0 aliphatic carbocycles. The molecule has 1 N–H and O–H groups in total. The van der Waals surface area contributed by atoms with E-state index in [2.05, 4.69) is 4.72 Å². The minimum Gasteiger partial charge on any atom is -0.493 e. The summed E-state index contributed by atoms with van der Waals surface area (Å²) in [6.45, 7) is 5.32. The molecule has 0 unspecified atom stereocenters. The third-order valence-corrected chi connectivity index (χ3v) is 6.48. The highest BCUT2D eigenvalue weighted by molar-refractivity contribution is 7.91. The summed E-state index contributed by atoms with van der Waals surface area (Å²) in [7, 11) is -6.61. The Hall–Kier alpha value is -1.12. The van der Waals surface area contributed by atoms with E-state index in [1.807, 2.05) is 6.92 Å². The molecule has 0 amide bonds. The Bertz CT molecular complexity index is 666. The van der Waals surface area contributed by atoms with E-state index in [-0.39, 0.29) is 29.0 Å². The molecule has 6 nitrogen and oxygen atoms in total. The Balaban J connectivity index is 2.67. The lowest BCUT2D eigenvalue weighted by Gasteiger charge is -2.12. The molecule has 0 spiro atoms. The number of hydrogen-bond donors (Lipinski definition) is 1. The molecule has 1 aromatic rings. The summed E-state index contributed by atoms with van der Waals surface area (Å²) >= 11 is 0. The maximum atomic E-state index is 12.1. The lowest BCUT2D eigenvalue weighted by atomic mass is 10.3. The van der Waals surface area contributed by atoms with E-state index >= 15 is 0 Å². The molecule has 0 aliphatic heterocycles. The van der Waals surface area contributed by atoms with Gasteiger partial charge in [0.1, 0.15) is 12.4 Å². The zero-order valence-electron chi connectivity index (χ0n) is 13.1. The van der Waals surface area contributed by atoms with Gasteiger partial charge < -0.3 is 4.74 Å². The molecule has 0 bridgehead atoms. The van der Waals surface area contributed by atoms with Crippen molar-refractivity contribution in [1.29, 1.82) is 0 Å². The Kier molecular flexibility index (Phi) is 6.83. The molecule has 1 aromatic carbocycles. The van der Waals surface area contributed by atoms with E-state index in [0.29, 0.717) is 12.2 Å². The van der Waals surface area contributed by atoms with E-state index in [0.717, 1.165) is 0 Å². The summed E-state index contributed by atoms with van der Waals surface area (Å²) in [6.07, 6.45) is 0.701. The number of sulfone groups is 1. The molecule has 0 saturated carbocycles. The van der Waals surface area contributed by atoms with Crippen LogP contribution in [0.2, 0.25) is 0 Å². The van der Waals surface area contributed by atoms with Crippen molar-refractivity contribution in [2.24, 2.45) is 0 Å². The summed E-state index contributed by atoms with van der Waals surface area (Å²) in [5.41, 5.74) is 0. The van der Waals surface area contributed by atoms with Crippen molar-refractivity contribution >= 4 is 19.9 Å². The molecule has 126 valence electrons. The quantitative estimate of drug-likeness (QED) is 0.731. The highest BCUT2D eigenvalue weighted by Crippen LogP contribution is 2.16. The average Bonchev–Trinajstić information content (AvgIpc) is 2.47. The van der Waals surface area contributed by atoms with Crippen molar-refractivity contribution < 1.29 is 21.6 Å². The Morgan fingerprint density at radius 3 is 2.18 bits per heavy atom. The van der Waals surface area contributed by atoms with Gasteiger partial charge in [0.05, 0.1) is 10.6 Å². The predicted molar refractivity (Wildman–Crippen MR) is 86.3 cm³/mol. The van der Waals surface area contributed by atoms with E-state index < -0.39 is 19.9 Å². The van der Waals surface area contributed by atoms with Crippen LogP contribution in [0.3, 0.4) is 0 Å². The van der Waals surface area contributed by atoms with Crippen LogP contribution < -0.4 is 9.46 Å². The van der Waals surface area contributed by atoms with Crippen molar-refractivity contribution in [3.63, 3.8) is 0 Å². The first kappa shape index (κ1) is 18.9. The number of benzene rings is 1. The molecule has 0 fully saturated rings. The molecular weight excluding hydrogens is 326 g/mol. The first-order valence-electron chi connectivity index (χ1n) is 7.15. The van der Waals surface area contributed by atoms with Crippen LogP contribution in [0.15, 0.2) is 29.2 Å². The topological polar surface area (TPSA) is 89.5 Å². The van der Waals surface area contributed by atoms with Crippen LogP contribution in [-0.4, -0.2) is 41.0 Å². The van der Waals surface area contributed by atoms with Gasteiger partial charge in [0.15, 0.2) is 9.84 Å². The second kappa shape index (κ2) is 7.94. The van der Waals surface area contributed by atoms with Crippen LogP contribution in [0.4, 0.5) is 0 Å². The third kappa shape index (κ3) is 5.94. The van der Waals surface area contributed by atoms with Crippen LogP contribution in [0.1, 0.15) is 27.2 Å². The third-order valence-electron chi connectivity index (χ3n) is 3.21. The molecule has 0 heterocycles. The molecule has 0 aromatic heterocycles. The van der Waals surface area contributed by atoms with Crippen molar-refractivity contribution in [3.8, 4) is 5.75 Å². The van der Waals surface area contributed by atoms with Crippen molar-refractivity contribution in [2.75, 3.05) is 18.1 Å². The standard InChI is InChI=1S/C14H23NO5S2/c1-4-12(3)15-22(18,19)14-8-6-13(7-9-14)20-10-11-21(16,17)5-2/h6-9,12,15H,4-5,10-11H2,1-3H3/t12-/m0/s1.